The Kier molecular flexibility index (Phi) is 3.55. The molecule has 0 aromatic carbocycles. The second-order valence-electron chi connectivity index (χ2n) is 4.50. The number of carbonyl (C=O) groups is 1. The van der Waals surface area contributed by atoms with Crippen LogP contribution in [0.4, 0.5) is 5.69 Å². The summed E-state index contributed by atoms with van der Waals surface area (Å²) in [6.07, 6.45) is 3.51. The van der Waals surface area contributed by atoms with Crippen molar-refractivity contribution in [2.75, 3.05) is 12.8 Å². The van der Waals surface area contributed by atoms with Crippen LogP contribution in [0.25, 0.3) is 0 Å². The average Bonchev–Trinajstić information content (AvgIpc) is 2.96. The predicted molar refractivity (Wildman–Crippen MR) is 69.7 cm³/mol. The maximum Gasteiger partial charge on any atom is 0.360 e. The molecule has 2 heterocycles. The van der Waals surface area contributed by atoms with Gasteiger partial charge in [-0.25, -0.2) is 4.79 Å². The number of nitrogens with two attached hydrogens (primary N) is 1. The van der Waals surface area contributed by atoms with Crippen molar-refractivity contribution in [3.05, 3.63) is 29.8 Å². The molecule has 2 aromatic heterocycles. The maximum atomic E-state index is 11.4. The number of nitrogen functional groups attached to an aromatic ring is 1. The number of aromatic nitrogens is 4. The van der Waals surface area contributed by atoms with Crippen molar-refractivity contribution in [3.8, 4) is 0 Å². The molecule has 7 nitrogen and oxygen atoms in total. The number of anilines is 1. The zero-order valence-electron chi connectivity index (χ0n) is 11.2. The molecule has 0 aliphatic carbocycles. The Morgan fingerprint density at radius 2 is 2.21 bits per heavy atom. The molecule has 0 saturated heterocycles. The number of nitrogens with zero attached hydrogens (tertiary/aromatic N) is 4. The minimum absolute atomic E-state index is 0.130. The van der Waals surface area contributed by atoms with E-state index < -0.39 is 5.97 Å². The van der Waals surface area contributed by atoms with Crippen LogP contribution in [-0.4, -0.2) is 32.6 Å². The fourth-order valence-electron chi connectivity index (χ4n) is 1.69. The zero-order chi connectivity index (χ0) is 14.0. The molecular formula is C12H17N5O2. The van der Waals surface area contributed by atoms with Crippen molar-refractivity contribution in [3.63, 3.8) is 0 Å². The summed E-state index contributed by atoms with van der Waals surface area (Å²) in [4.78, 5) is 11.4. The van der Waals surface area contributed by atoms with E-state index in [0.717, 1.165) is 5.69 Å². The molecule has 0 aliphatic heterocycles. The maximum absolute atomic E-state index is 11.4. The van der Waals surface area contributed by atoms with E-state index >= 15 is 0 Å². The van der Waals surface area contributed by atoms with Crippen LogP contribution >= 0.6 is 0 Å². The van der Waals surface area contributed by atoms with Crippen LogP contribution in [0.1, 0.15) is 36.1 Å². The molecule has 0 amide bonds. The van der Waals surface area contributed by atoms with Crippen LogP contribution in [0, 0.1) is 0 Å². The highest BCUT2D eigenvalue weighted by Gasteiger charge is 2.15. The molecular weight excluding hydrogens is 246 g/mol. The first kappa shape index (κ1) is 13.1. The first-order valence-electron chi connectivity index (χ1n) is 5.96. The third kappa shape index (κ3) is 2.75. The van der Waals surface area contributed by atoms with Gasteiger partial charge in [0.1, 0.15) is 0 Å². The van der Waals surface area contributed by atoms with Crippen molar-refractivity contribution < 1.29 is 9.53 Å². The molecule has 0 aliphatic rings. The Morgan fingerprint density at radius 3 is 2.79 bits per heavy atom. The number of rotatable bonds is 4. The van der Waals surface area contributed by atoms with E-state index in [1.54, 1.807) is 10.9 Å². The minimum Gasteiger partial charge on any atom is -0.464 e. The van der Waals surface area contributed by atoms with E-state index in [0.29, 0.717) is 18.3 Å². The summed E-state index contributed by atoms with van der Waals surface area (Å²) in [7, 11) is 1.30. The van der Waals surface area contributed by atoms with E-state index in [2.05, 4.69) is 28.8 Å². The lowest BCUT2D eigenvalue weighted by Gasteiger charge is -2.03. The van der Waals surface area contributed by atoms with Gasteiger partial charge in [-0.1, -0.05) is 0 Å². The van der Waals surface area contributed by atoms with Gasteiger partial charge in [-0.15, -0.1) is 0 Å². The highest BCUT2D eigenvalue weighted by Crippen LogP contribution is 2.12. The first-order valence-corrected chi connectivity index (χ1v) is 5.96. The first-order chi connectivity index (χ1) is 9.01. The average molecular weight is 263 g/mol. The zero-order valence-corrected chi connectivity index (χ0v) is 11.2. The molecule has 0 saturated carbocycles. The number of ether oxygens (including phenoxy) is 1. The van der Waals surface area contributed by atoms with Gasteiger partial charge < -0.3 is 10.5 Å². The Morgan fingerprint density at radius 1 is 1.47 bits per heavy atom. The van der Waals surface area contributed by atoms with E-state index in [9.17, 15) is 4.79 Å². The molecule has 2 rings (SSSR count). The lowest BCUT2D eigenvalue weighted by Crippen LogP contribution is -2.08. The van der Waals surface area contributed by atoms with Gasteiger partial charge in [0.15, 0.2) is 5.69 Å². The number of methoxy groups -OCH3 is 1. The molecule has 0 atom stereocenters. The molecule has 0 fully saturated rings. The van der Waals surface area contributed by atoms with Gasteiger partial charge in [0.05, 0.1) is 25.0 Å². The summed E-state index contributed by atoms with van der Waals surface area (Å²) >= 11 is 0. The van der Waals surface area contributed by atoms with Crippen LogP contribution in [-0.2, 0) is 11.3 Å². The highest BCUT2D eigenvalue weighted by molar-refractivity contribution is 5.92. The van der Waals surface area contributed by atoms with Gasteiger partial charge in [-0.05, 0) is 19.9 Å². The molecule has 0 unspecified atom stereocenters. The van der Waals surface area contributed by atoms with Gasteiger partial charge >= 0.3 is 5.97 Å². The van der Waals surface area contributed by atoms with Gasteiger partial charge in [-0.3, -0.25) is 9.36 Å². The summed E-state index contributed by atoms with van der Waals surface area (Å²) in [6.45, 7) is 4.57. The summed E-state index contributed by atoms with van der Waals surface area (Å²) in [5, 5.41) is 8.51. The monoisotopic (exact) mass is 263 g/mol. The quantitative estimate of drug-likeness (QED) is 0.834. The number of hydrogen-bond donors (Lipinski definition) is 1. The van der Waals surface area contributed by atoms with Crippen LogP contribution in [0.15, 0.2) is 18.5 Å². The second-order valence-corrected chi connectivity index (χ2v) is 4.50. The van der Waals surface area contributed by atoms with Gasteiger partial charge in [-0.2, -0.15) is 10.2 Å². The van der Waals surface area contributed by atoms with E-state index in [1.807, 2.05) is 16.9 Å². The molecule has 7 heteroatoms. The lowest BCUT2D eigenvalue weighted by atomic mass is 10.4. The van der Waals surface area contributed by atoms with Crippen LogP contribution in [0.3, 0.4) is 0 Å². The Hall–Kier alpha value is -2.31. The summed E-state index contributed by atoms with van der Waals surface area (Å²) in [6, 6.07) is 2.22. The van der Waals surface area contributed by atoms with Gasteiger partial charge in [0, 0.05) is 18.4 Å². The fourth-order valence-corrected chi connectivity index (χ4v) is 1.69. The predicted octanol–water partition coefficient (Wildman–Crippen LogP) is 1.08. The SMILES string of the molecule is COC(=O)c1nn(Cc2ccn(C(C)C)n2)cc1N. The molecule has 2 aromatic rings. The van der Waals surface area contributed by atoms with Crippen molar-refractivity contribution in [1.29, 1.82) is 0 Å². The fraction of sp³-hybridized carbons (Fsp3) is 0.417. The van der Waals surface area contributed by atoms with Gasteiger partial charge in [0.2, 0.25) is 0 Å². The summed E-state index contributed by atoms with van der Waals surface area (Å²) in [5.74, 6) is -0.538. The van der Waals surface area contributed by atoms with Crippen molar-refractivity contribution in [1.82, 2.24) is 19.6 Å². The molecule has 2 N–H and O–H groups in total. The summed E-state index contributed by atoms with van der Waals surface area (Å²) in [5.41, 5.74) is 7.00. The number of hydrogen-bond acceptors (Lipinski definition) is 5. The van der Waals surface area contributed by atoms with Crippen LogP contribution < -0.4 is 5.73 Å². The standard InChI is InChI=1S/C12H17N5O2/c1-8(2)17-5-4-9(14-17)6-16-7-10(13)11(15-16)12(18)19-3/h4-5,7-8H,6,13H2,1-3H3. The highest BCUT2D eigenvalue weighted by atomic mass is 16.5. The molecule has 0 spiro atoms. The molecule has 19 heavy (non-hydrogen) atoms. The second kappa shape index (κ2) is 5.13. The number of carbonyl (C=O) groups excluding carboxylic acids is 1. The van der Waals surface area contributed by atoms with E-state index in [4.69, 9.17) is 5.73 Å². The smallest absolute Gasteiger partial charge is 0.360 e. The minimum atomic E-state index is -0.538. The third-order valence-corrected chi connectivity index (χ3v) is 2.69. The van der Waals surface area contributed by atoms with Gasteiger partial charge in [0.25, 0.3) is 0 Å². The van der Waals surface area contributed by atoms with Crippen molar-refractivity contribution >= 4 is 11.7 Å². The van der Waals surface area contributed by atoms with Crippen LogP contribution in [0.2, 0.25) is 0 Å². The van der Waals surface area contributed by atoms with Crippen molar-refractivity contribution in [2.45, 2.75) is 26.4 Å². The van der Waals surface area contributed by atoms with E-state index in [1.165, 1.54) is 7.11 Å². The largest absolute Gasteiger partial charge is 0.464 e. The molecule has 0 radical (unpaired) electrons. The Bertz CT molecular complexity index is 585. The molecule has 0 bridgehead atoms. The third-order valence-electron chi connectivity index (χ3n) is 2.69. The normalized spacial score (nSPS) is 10.9. The Labute approximate surface area is 111 Å². The lowest BCUT2D eigenvalue weighted by molar-refractivity contribution is 0.0594. The molecule has 102 valence electrons. The van der Waals surface area contributed by atoms with Crippen molar-refractivity contribution in [2.24, 2.45) is 0 Å². The van der Waals surface area contributed by atoms with E-state index in [-0.39, 0.29) is 5.69 Å². The summed E-state index contributed by atoms with van der Waals surface area (Å²) < 4.78 is 8.04. The Balaban J connectivity index is 2.17. The topological polar surface area (TPSA) is 88.0 Å². The number of esters is 1. The van der Waals surface area contributed by atoms with Crippen LogP contribution in [0.5, 0.6) is 0 Å².